The van der Waals surface area contributed by atoms with Crippen LogP contribution in [0.4, 0.5) is 10.1 Å². The molecule has 0 aliphatic rings. The second kappa shape index (κ2) is 6.37. The van der Waals surface area contributed by atoms with Crippen LogP contribution in [0, 0.1) is 17.1 Å². The van der Waals surface area contributed by atoms with Crippen LogP contribution in [-0.4, -0.2) is 11.1 Å². The van der Waals surface area contributed by atoms with Crippen LogP contribution in [-0.2, 0) is 6.54 Å². The molecule has 0 atom stereocenters. The van der Waals surface area contributed by atoms with Gasteiger partial charge in [0, 0.05) is 6.54 Å². The van der Waals surface area contributed by atoms with Crippen molar-refractivity contribution in [2.24, 2.45) is 0 Å². The van der Waals surface area contributed by atoms with E-state index in [1.54, 1.807) is 12.1 Å². The highest BCUT2D eigenvalue weighted by Crippen LogP contribution is 2.26. The molecule has 6 heteroatoms. The highest BCUT2D eigenvalue weighted by molar-refractivity contribution is 9.10. The first-order valence-corrected chi connectivity index (χ1v) is 6.76. The van der Waals surface area contributed by atoms with E-state index >= 15 is 0 Å². The van der Waals surface area contributed by atoms with Gasteiger partial charge in [0.05, 0.1) is 21.3 Å². The van der Waals surface area contributed by atoms with Gasteiger partial charge in [-0.3, -0.25) is 0 Å². The zero-order chi connectivity index (χ0) is 15.4. The van der Waals surface area contributed by atoms with Gasteiger partial charge in [-0.05, 0) is 45.8 Å². The minimum absolute atomic E-state index is 0.122. The number of anilines is 1. The van der Waals surface area contributed by atoms with Crippen molar-refractivity contribution < 1.29 is 14.3 Å². The van der Waals surface area contributed by atoms with Crippen molar-refractivity contribution in [2.45, 2.75) is 6.54 Å². The molecular weight excluding hydrogens is 339 g/mol. The van der Waals surface area contributed by atoms with Crippen LogP contribution in [0.1, 0.15) is 21.5 Å². The summed E-state index contributed by atoms with van der Waals surface area (Å²) in [4.78, 5) is 10.7. The van der Waals surface area contributed by atoms with Gasteiger partial charge < -0.3 is 10.4 Å². The molecule has 4 nitrogen and oxygen atoms in total. The number of nitriles is 1. The van der Waals surface area contributed by atoms with Crippen LogP contribution in [0.5, 0.6) is 0 Å². The predicted octanol–water partition coefficient (Wildman–Crippen LogP) is 3.77. The number of hydrogen-bond acceptors (Lipinski definition) is 3. The summed E-state index contributed by atoms with van der Waals surface area (Å²) in [5.41, 5.74) is 1.51. The lowest BCUT2D eigenvalue weighted by atomic mass is 10.1. The van der Waals surface area contributed by atoms with Gasteiger partial charge in [0.15, 0.2) is 5.82 Å². The zero-order valence-electron chi connectivity index (χ0n) is 10.7. The van der Waals surface area contributed by atoms with Gasteiger partial charge in [-0.2, -0.15) is 5.26 Å². The van der Waals surface area contributed by atoms with Crippen LogP contribution in [0.15, 0.2) is 40.9 Å². The van der Waals surface area contributed by atoms with E-state index in [9.17, 15) is 9.18 Å². The third-order valence-electron chi connectivity index (χ3n) is 2.89. The van der Waals surface area contributed by atoms with E-state index in [2.05, 4.69) is 21.2 Å². The number of carboxylic acid groups (broad SMARTS) is 1. The number of nitrogens with zero attached hydrogens (tertiary/aromatic N) is 1. The maximum absolute atomic E-state index is 14.0. The van der Waals surface area contributed by atoms with Crippen LogP contribution < -0.4 is 5.32 Å². The van der Waals surface area contributed by atoms with E-state index in [1.807, 2.05) is 6.07 Å². The number of nitrogens with one attached hydrogen (secondary N) is 1. The summed E-state index contributed by atoms with van der Waals surface area (Å²) >= 11 is 3.04. The summed E-state index contributed by atoms with van der Waals surface area (Å²) in [6.45, 7) is 0.342. The predicted molar refractivity (Wildman–Crippen MR) is 79.5 cm³/mol. The van der Waals surface area contributed by atoms with Crippen LogP contribution >= 0.6 is 15.9 Å². The molecule has 0 radical (unpaired) electrons. The van der Waals surface area contributed by atoms with Crippen LogP contribution in [0.3, 0.4) is 0 Å². The van der Waals surface area contributed by atoms with E-state index in [4.69, 9.17) is 10.4 Å². The monoisotopic (exact) mass is 348 g/mol. The summed E-state index contributed by atoms with van der Waals surface area (Å²) in [5, 5.41) is 20.5. The molecule has 2 N–H and O–H groups in total. The second-order valence-corrected chi connectivity index (χ2v) is 5.05. The summed E-state index contributed by atoms with van der Waals surface area (Å²) in [6.07, 6.45) is 0. The van der Waals surface area contributed by atoms with Crippen LogP contribution in [0.25, 0.3) is 0 Å². The minimum Gasteiger partial charge on any atom is -0.478 e. The maximum Gasteiger partial charge on any atom is 0.335 e. The van der Waals surface area contributed by atoms with Crippen molar-refractivity contribution in [3.8, 4) is 6.07 Å². The SMILES string of the molecule is N#Cc1ccc(NCc2ccc(C(=O)O)cc2)c(F)c1Br. The number of hydrogen-bond donors (Lipinski definition) is 2. The molecule has 21 heavy (non-hydrogen) atoms. The quantitative estimate of drug-likeness (QED) is 0.881. The second-order valence-electron chi connectivity index (χ2n) is 4.26. The molecule has 2 aromatic carbocycles. The Kier molecular flexibility index (Phi) is 4.55. The number of carbonyl (C=O) groups is 1. The van der Waals surface area contributed by atoms with Gasteiger partial charge in [0.25, 0.3) is 0 Å². The molecule has 0 saturated carbocycles. The summed E-state index contributed by atoms with van der Waals surface area (Å²) in [7, 11) is 0. The molecule has 2 rings (SSSR count). The first-order valence-electron chi connectivity index (χ1n) is 5.97. The molecule has 0 spiro atoms. The van der Waals surface area contributed by atoms with E-state index in [0.717, 1.165) is 5.56 Å². The van der Waals surface area contributed by atoms with E-state index < -0.39 is 11.8 Å². The first kappa shape index (κ1) is 15.0. The fourth-order valence-electron chi connectivity index (χ4n) is 1.73. The normalized spacial score (nSPS) is 9.95. The van der Waals surface area contributed by atoms with Gasteiger partial charge in [-0.25, -0.2) is 9.18 Å². The standard InChI is InChI=1S/C15H10BrFN2O2/c16-13-11(7-18)5-6-12(14(13)17)19-8-9-1-3-10(4-2-9)15(20)21/h1-6,19H,8H2,(H,20,21). The molecule has 0 fully saturated rings. The summed E-state index contributed by atoms with van der Waals surface area (Å²) in [5.74, 6) is -1.52. The lowest BCUT2D eigenvalue weighted by Gasteiger charge is -2.09. The summed E-state index contributed by atoms with van der Waals surface area (Å²) in [6, 6.07) is 11.2. The fourth-order valence-corrected chi connectivity index (χ4v) is 2.17. The molecule has 2 aromatic rings. The Balaban J connectivity index is 2.12. The van der Waals surface area contributed by atoms with Gasteiger partial charge in [0.2, 0.25) is 0 Å². The number of halogens is 2. The Morgan fingerprint density at radius 1 is 1.29 bits per heavy atom. The highest BCUT2D eigenvalue weighted by Gasteiger charge is 2.10. The number of benzene rings is 2. The number of carboxylic acids is 1. The average Bonchev–Trinajstić information content (AvgIpc) is 2.49. The Morgan fingerprint density at radius 3 is 2.52 bits per heavy atom. The Morgan fingerprint density at radius 2 is 1.95 bits per heavy atom. The largest absolute Gasteiger partial charge is 0.478 e. The van der Waals surface area contributed by atoms with Gasteiger partial charge >= 0.3 is 5.97 Å². The third kappa shape index (κ3) is 3.38. The van der Waals surface area contributed by atoms with Gasteiger partial charge in [-0.1, -0.05) is 12.1 Å². The molecular formula is C15H10BrFN2O2. The highest BCUT2D eigenvalue weighted by atomic mass is 79.9. The minimum atomic E-state index is -0.989. The fraction of sp³-hybridized carbons (Fsp3) is 0.0667. The third-order valence-corrected chi connectivity index (χ3v) is 3.66. The van der Waals surface area contributed by atoms with Crippen molar-refractivity contribution in [1.82, 2.24) is 0 Å². The molecule has 106 valence electrons. The zero-order valence-corrected chi connectivity index (χ0v) is 12.3. The first-order chi connectivity index (χ1) is 10.0. The average molecular weight is 349 g/mol. The maximum atomic E-state index is 14.0. The molecule has 0 aliphatic heterocycles. The molecule has 0 aromatic heterocycles. The van der Waals surface area contributed by atoms with Crippen molar-refractivity contribution >= 4 is 27.6 Å². The van der Waals surface area contributed by atoms with Crippen molar-refractivity contribution in [2.75, 3.05) is 5.32 Å². The van der Waals surface area contributed by atoms with Crippen molar-refractivity contribution in [3.05, 3.63) is 63.4 Å². The molecule has 0 aliphatic carbocycles. The van der Waals surface area contributed by atoms with Crippen molar-refractivity contribution in [1.29, 1.82) is 5.26 Å². The Bertz CT molecular complexity index is 724. The molecule has 0 unspecified atom stereocenters. The number of rotatable bonds is 4. The summed E-state index contributed by atoms with van der Waals surface area (Å²) < 4.78 is 14.1. The van der Waals surface area contributed by atoms with E-state index in [0.29, 0.717) is 6.54 Å². The lowest BCUT2D eigenvalue weighted by Crippen LogP contribution is -2.03. The van der Waals surface area contributed by atoms with Crippen molar-refractivity contribution in [3.63, 3.8) is 0 Å². The Hall–Kier alpha value is -2.39. The number of aromatic carboxylic acids is 1. The topological polar surface area (TPSA) is 73.1 Å². The van der Waals surface area contributed by atoms with Gasteiger partial charge in [-0.15, -0.1) is 0 Å². The molecule has 0 bridgehead atoms. The lowest BCUT2D eigenvalue weighted by molar-refractivity contribution is 0.0697. The van der Waals surface area contributed by atoms with E-state index in [-0.39, 0.29) is 21.3 Å². The Labute approximate surface area is 129 Å². The van der Waals surface area contributed by atoms with E-state index in [1.165, 1.54) is 24.3 Å². The smallest absolute Gasteiger partial charge is 0.335 e. The molecule has 0 heterocycles. The van der Waals surface area contributed by atoms with Crippen LogP contribution in [0.2, 0.25) is 0 Å². The molecule has 0 saturated heterocycles. The van der Waals surface area contributed by atoms with Gasteiger partial charge in [0.1, 0.15) is 6.07 Å². The molecule has 0 amide bonds.